The molecule has 2 rings (SSSR count). The lowest BCUT2D eigenvalue weighted by Gasteiger charge is -2.03. The summed E-state index contributed by atoms with van der Waals surface area (Å²) in [5.74, 6) is 1.35. The molecule has 2 N–H and O–H groups in total. The molecule has 0 aliphatic rings. The summed E-state index contributed by atoms with van der Waals surface area (Å²) in [6.45, 7) is 3.89. The molecule has 0 aliphatic heterocycles. The maximum Gasteiger partial charge on any atom is 0.161 e. The summed E-state index contributed by atoms with van der Waals surface area (Å²) in [5.41, 5.74) is 2.04. The van der Waals surface area contributed by atoms with Crippen molar-refractivity contribution in [1.82, 2.24) is 0 Å². The van der Waals surface area contributed by atoms with Crippen molar-refractivity contribution in [2.75, 3.05) is 28.4 Å². The summed E-state index contributed by atoms with van der Waals surface area (Å²) >= 11 is 0. The Hall–Kier alpha value is -2.92. The van der Waals surface area contributed by atoms with Gasteiger partial charge in [-0.1, -0.05) is 36.4 Å². The van der Waals surface area contributed by atoms with Crippen LogP contribution in [0.5, 0.6) is 23.0 Å². The Labute approximate surface area is 162 Å². The first-order valence-electron chi connectivity index (χ1n) is 8.36. The van der Waals surface area contributed by atoms with Gasteiger partial charge in [-0.05, 0) is 49.2 Å². The Morgan fingerprint density at radius 2 is 1.00 bits per heavy atom. The maximum atomic E-state index is 9.25. The third kappa shape index (κ3) is 9.37. The molecule has 0 bridgehead atoms. The van der Waals surface area contributed by atoms with Gasteiger partial charge < -0.3 is 24.4 Å². The molecule has 2 aromatic carbocycles. The highest BCUT2D eigenvalue weighted by molar-refractivity contribution is 5.56. The van der Waals surface area contributed by atoms with Crippen molar-refractivity contribution in [3.05, 3.63) is 59.7 Å². The minimum atomic E-state index is 0.172. The fourth-order valence-electron chi connectivity index (χ4n) is 1.98. The van der Waals surface area contributed by atoms with Crippen LogP contribution >= 0.6 is 0 Å². The molecule has 0 aliphatic carbocycles. The Bertz CT molecular complexity index is 659. The van der Waals surface area contributed by atoms with Gasteiger partial charge in [-0.3, -0.25) is 0 Å². The molecule has 0 aromatic heterocycles. The number of phenolic OH excluding ortho intramolecular Hbond substituents is 2. The van der Waals surface area contributed by atoms with Crippen LogP contribution in [0.3, 0.4) is 0 Å². The number of methoxy groups -OCH3 is 3. The Morgan fingerprint density at radius 1 is 0.667 bits per heavy atom. The second kappa shape index (κ2) is 14.3. The molecule has 0 unspecified atom stereocenters. The van der Waals surface area contributed by atoms with E-state index in [1.165, 1.54) is 14.2 Å². The largest absolute Gasteiger partial charge is 0.504 e. The van der Waals surface area contributed by atoms with E-state index in [1.807, 2.05) is 50.3 Å². The van der Waals surface area contributed by atoms with E-state index in [0.29, 0.717) is 11.5 Å². The van der Waals surface area contributed by atoms with Crippen molar-refractivity contribution >= 4 is 12.2 Å². The van der Waals surface area contributed by atoms with E-state index < -0.39 is 0 Å². The van der Waals surface area contributed by atoms with Gasteiger partial charge in [0.2, 0.25) is 0 Å². The Kier molecular flexibility index (Phi) is 12.7. The molecule has 148 valence electrons. The lowest BCUT2D eigenvalue weighted by Crippen LogP contribution is -1.83. The van der Waals surface area contributed by atoms with Gasteiger partial charge in [0.05, 0.1) is 14.2 Å². The van der Waals surface area contributed by atoms with Crippen molar-refractivity contribution in [1.29, 1.82) is 0 Å². The first-order valence-corrected chi connectivity index (χ1v) is 8.36. The SMILES string of the molecule is CC=Cc1ccc(O)c(OC)c1.CC=Cc1ccc(O)c(OC)c1.COC. The Morgan fingerprint density at radius 3 is 1.26 bits per heavy atom. The maximum absolute atomic E-state index is 9.25. The van der Waals surface area contributed by atoms with Crippen LogP contribution in [0, 0.1) is 0 Å². The quantitative estimate of drug-likeness (QED) is 0.776. The average Bonchev–Trinajstić information content (AvgIpc) is 2.66. The molecule has 0 saturated carbocycles. The topological polar surface area (TPSA) is 68.2 Å². The highest BCUT2D eigenvalue weighted by atomic mass is 16.5. The molecule has 2 aromatic rings. The number of hydrogen-bond acceptors (Lipinski definition) is 5. The molecule has 5 nitrogen and oxygen atoms in total. The van der Waals surface area contributed by atoms with Gasteiger partial charge in [-0.2, -0.15) is 0 Å². The summed E-state index contributed by atoms with van der Waals surface area (Å²) in [5, 5.41) is 18.5. The van der Waals surface area contributed by atoms with E-state index >= 15 is 0 Å². The van der Waals surface area contributed by atoms with E-state index in [1.54, 1.807) is 38.5 Å². The lowest BCUT2D eigenvalue weighted by molar-refractivity contribution is 0.277. The molecular formula is C22H30O5. The summed E-state index contributed by atoms with van der Waals surface area (Å²) in [6.07, 6.45) is 7.77. The van der Waals surface area contributed by atoms with Crippen molar-refractivity contribution in [2.24, 2.45) is 0 Å². The minimum Gasteiger partial charge on any atom is -0.504 e. The number of allylic oxidation sites excluding steroid dienone is 2. The van der Waals surface area contributed by atoms with Crippen molar-refractivity contribution in [2.45, 2.75) is 13.8 Å². The van der Waals surface area contributed by atoms with Gasteiger partial charge in [-0.15, -0.1) is 0 Å². The first-order chi connectivity index (χ1) is 13.0. The number of rotatable bonds is 4. The Balaban J connectivity index is 0.000000438. The van der Waals surface area contributed by atoms with Crippen LogP contribution in [0.15, 0.2) is 48.6 Å². The molecule has 0 radical (unpaired) electrons. The van der Waals surface area contributed by atoms with Gasteiger partial charge in [0.1, 0.15) is 0 Å². The number of phenols is 2. The summed E-state index contributed by atoms with van der Waals surface area (Å²) in [4.78, 5) is 0. The zero-order valence-corrected chi connectivity index (χ0v) is 16.9. The van der Waals surface area contributed by atoms with Gasteiger partial charge in [0.15, 0.2) is 23.0 Å². The van der Waals surface area contributed by atoms with Crippen LogP contribution in [0.25, 0.3) is 12.2 Å². The van der Waals surface area contributed by atoms with E-state index in [4.69, 9.17) is 9.47 Å². The number of aromatic hydroxyl groups is 2. The third-order valence-electron chi connectivity index (χ3n) is 3.13. The van der Waals surface area contributed by atoms with Gasteiger partial charge >= 0.3 is 0 Å². The molecule has 0 saturated heterocycles. The fourth-order valence-corrected chi connectivity index (χ4v) is 1.98. The normalized spacial score (nSPS) is 10.0. The van der Waals surface area contributed by atoms with E-state index in [2.05, 4.69) is 4.74 Å². The van der Waals surface area contributed by atoms with Crippen molar-refractivity contribution < 1.29 is 24.4 Å². The number of benzene rings is 2. The third-order valence-corrected chi connectivity index (χ3v) is 3.13. The van der Waals surface area contributed by atoms with Crippen LogP contribution in [0.1, 0.15) is 25.0 Å². The van der Waals surface area contributed by atoms with Crippen LogP contribution < -0.4 is 9.47 Å². The average molecular weight is 374 g/mol. The van der Waals surface area contributed by atoms with E-state index in [9.17, 15) is 10.2 Å². The van der Waals surface area contributed by atoms with E-state index in [0.717, 1.165) is 11.1 Å². The lowest BCUT2D eigenvalue weighted by atomic mass is 10.2. The molecular weight excluding hydrogens is 344 g/mol. The van der Waals surface area contributed by atoms with Crippen LogP contribution in [0.4, 0.5) is 0 Å². The summed E-state index contributed by atoms with van der Waals surface area (Å²) in [6, 6.07) is 10.5. The van der Waals surface area contributed by atoms with Crippen molar-refractivity contribution in [3.8, 4) is 23.0 Å². The molecule has 0 atom stereocenters. The van der Waals surface area contributed by atoms with Crippen LogP contribution in [-0.4, -0.2) is 38.7 Å². The number of ether oxygens (including phenoxy) is 3. The van der Waals surface area contributed by atoms with Gasteiger partial charge in [-0.25, -0.2) is 0 Å². The predicted molar refractivity (Wildman–Crippen MR) is 112 cm³/mol. The molecule has 27 heavy (non-hydrogen) atoms. The molecule has 0 heterocycles. The fraction of sp³-hybridized carbons (Fsp3) is 0.273. The second-order valence-electron chi connectivity index (χ2n) is 5.27. The standard InChI is InChI=1S/2C10H12O2.C2H6O/c2*1-3-4-8-5-6-9(11)10(7-8)12-2;1-3-2/h2*3-7,11H,1-2H3;1-2H3. The van der Waals surface area contributed by atoms with Gasteiger partial charge in [0, 0.05) is 14.2 Å². The zero-order valence-electron chi connectivity index (χ0n) is 16.9. The summed E-state index contributed by atoms with van der Waals surface area (Å²) in [7, 11) is 6.32. The minimum absolute atomic E-state index is 0.172. The van der Waals surface area contributed by atoms with E-state index in [-0.39, 0.29) is 11.5 Å². The second-order valence-corrected chi connectivity index (χ2v) is 5.27. The zero-order chi connectivity index (χ0) is 20.7. The van der Waals surface area contributed by atoms with Crippen LogP contribution in [0.2, 0.25) is 0 Å². The molecule has 0 spiro atoms. The monoisotopic (exact) mass is 374 g/mol. The highest BCUT2D eigenvalue weighted by Gasteiger charge is 2.00. The molecule has 0 fully saturated rings. The predicted octanol–water partition coefficient (Wildman–Crippen LogP) is 5.13. The summed E-state index contributed by atoms with van der Waals surface area (Å²) < 4.78 is 14.1. The first kappa shape index (κ1) is 24.1. The highest BCUT2D eigenvalue weighted by Crippen LogP contribution is 2.27. The van der Waals surface area contributed by atoms with Gasteiger partial charge in [0.25, 0.3) is 0 Å². The molecule has 5 heteroatoms. The van der Waals surface area contributed by atoms with Crippen molar-refractivity contribution in [3.63, 3.8) is 0 Å². The van der Waals surface area contributed by atoms with Crippen LogP contribution in [-0.2, 0) is 4.74 Å². The smallest absolute Gasteiger partial charge is 0.161 e. The molecule has 0 amide bonds. The number of hydrogen-bond donors (Lipinski definition) is 2.